The Morgan fingerprint density at radius 2 is 2.00 bits per heavy atom. The molecule has 0 spiro atoms. The molecule has 2 aromatic rings. The first-order chi connectivity index (χ1) is 8.60. The second-order valence-electron chi connectivity index (χ2n) is 3.38. The first kappa shape index (κ1) is 12.8. The maximum Gasteiger partial charge on any atom is 0.256 e. The molecule has 0 fully saturated rings. The number of anilines is 1. The van der Waals surface area contributed by atoms with Crippen LogP contribution in [0.2, 0.25) is 0 Å². The molecule has 0 unspecified atom stereocenters. The van der Waals surface area contributed by atoms with Crippen LogP contribution in [0.5, 0.6) is 0 Å². The normalized spacial score (nSPS) is 9.83. The molecule has 18 heavy (non-hydrogen) atoms. The van der Waals surface area contributed by atoms with Crippen LogP contribution in [-0.2, 0) is 0 Å². The number of hydrogen-bond acceptors (Lipinski definition) is 3. The SMILES string of the molecule is N#Cc1cn[nH]c1NC(=O)c1cc(Br)cc(Br)c1. The average Bonchev–Trinajstić information content (AvgIpc) is 2.75. The lowest BCUT2D eigenvalue weighted by Gasteiger charge is -2.04. The van der Waals surface area contributed by atoms with E-state index in [1.807, 2.05) is 12.1 Å². The number of nitrogens with zero attached hydrogens (tertiary/aromatic N) is 2. The van der Waals surface area contributed by atoms with Gasteiger partial charge in [-0.3, -0.25) is 9.89 Å². The molecule has 2 N–H and O–H groups in total. The van der Waals surface area contributed by atoms with Gasteiger partial charge in [0.05, 0.1) is 6.20 Å². The standard InChI is InChI=1S/C11H6Br2N4O/c12-8-1-6(2-9(13)3-8)11(18)16-10-7(4-14)5-15-17-10/h1-3,5H,(H2,15,16,17,18). The van der Waals surface area contributed by atoms with Gasteiger partial charge in [0.15, 0.2) is 0 Å². The fourth-order valence-corrected chi connectivity index (χ4v) is 2.63. The highest BCUT2D eigenvalue weighted by Gasteiger charge is 2.11. The van der Waals surface area contributed by atoms with Crippen molar-refractivity contribution >= 4 is 43.6 Å². The van der Waals surface area contributed by atoms with Gasteiger partial charge in [0.25, 0.3) is 5.91 Å². The minimum atomic E-state index is -0.322. The predicted octanol–water partition coefficient (Wildman–Crippen LogP) is 3.06. The molecule has 0 aliphatic rings. The number of amides is 1. The maximum atomic E-state index is 12.0. The molecule has 1 heterocycles. The number of hydrogen-bond donors (Lipinski definition) is 2. The van der Waals surface area contributed by atoms with E-state index in [4.69, 9.17) is 5.26 Å². The molecule has 90 valence electrons. The highest BCUT2D eigenvalue weighted by molar-refractivity contribution is 9.11. The van der Waals surface area contributed by atoms with Crippen LogP contribution in [0.15, 0.2) is 33.3 Å². The third-order valence-corrected chi connectivity index (χ3v) is 3.04. The average molecular weight is 370 g/mol. The highest BCUT2D eigenvalue weighted by atomic mass is 79.9. The number of carbonyl (C=O) groups is 1. The quantitative estimate of drug-likeness (QED) is 0.853. The number of H-pyrrole nitrogens is 1. The van der Waals surface area contributed by atoms with E-state index in [1.165, 1.54) is 6.20 Å². The molecule has 0 saturated carbocycles. The van der Waals surface area contributed by atoms with Crippen molar-refractivity contribution in [1.29, 1.82) is 5.26 Å². The molecule has 1 amide bonds. The van der Waals surface area contributed by atoms with Crippen LogP contribution >= 0.6 is 31.9 Å². The number of aromatic amines is 1. The molecule has 0 saturated heterocycles. The summed E-state index contributed by atoms with van der Waals surface area (Å²) in [6.07, 6.45) is 1.35. The van der Waals surface area contributed by atoms with Crippen molar-refractivity contribution in [3.63, 3.8) is 0 Å². The van der Waals surface area contributed by atoms with Gasteiger partial charge < -0.3 is 5.32 Å². The molecule has 0 bridgehead atoms. The van der Waals surface area contributed by atoms with E-state index in [1.54, 1.807) is 12.1 Å². The zero-order valence-electron chi connectivity index (χ0n) is 8.87. The van der Waals surface area contributed by atoms with Crippen LogP contribution in [-0.4, -0.2) is 16.1 Å². The molecule has 0 radical (unpaired) electrons. The van der Waals surface area contributed by atoms with E-state index in [9.17, 15) is 4.79 Å². The van der Waals surface area contributed by atoms with Crippen LogP contribution in [0, 0.1) is 11.3 Å². The van der Waals surface area contributed by atoms with Gasteiger partial charge >= 0.3 is 0 Å². The molecule has 1 aromatic heterocycles. The zero-order valence-corrected chi connectivity index (χ0v) is 12.0. The predicted molar refractivity (Wildman–Crippen MR) is 73.1 cm³/mol. The number of halogens is 2. The van der Waals surface area contributed by atoms with Gasteiger partial charge in [-0.15, -0.1) is 0 Å². The Labute approximate surface area is 119 Å². The summed E-state index contributed by atoms with van der Waals surface area (Å²) in [6.45, 7) is 0. The summed E-state index contributed by atoms with van der Waals surface area (Å²) in [6, 6.07) is 7.12. The summed E-state index contributed by atoms with van der Waals surface area (Å²) >= 11 is 6.61. The lowest BCUT2D eigenvalue weighted by molar-refractivity contribution is 0.102. The lowest BCUT2D eigenvalue weighted by Crippen LogP contribution is -2.13. The Balaban J connectivity index is 2.25. The van der Waals surface area contributed by atoms with Crippen molar-refractivity contribution in [3.8, 4) is 6.07 Å². The Morgan fingerprint density at radius 1 is 1.33 bits per heavy atom. The fraction of sp³-hybridized carbons (Fsp3) is 0. The van der Waals surface area contributed by atoms with Crippen LogP contribution in [0.3, 0.4) is 0 Å². The summed E-state index contributed by atoms with van der Waals surface area (Å²) in [4.78, 5) is 12.0. The van der Waals surface area contributed by atoms with Crippen molar-refractivity contribution in [1.82, 2.24) is 10.2 Å². The second kappa shape index (κ2) is 5.33. The monoisotopic (exact) mass is 368 g/mol. The number of aromatic nitrogens is 2. The van der Waals surface area contributed by atoms with E-state index in [2.05, 4.69) is 47.4 Å². The van der Waals surface area contributed by atoms with Crippen molar-refractivity contribution in [2.45, 2.75) is 0 Å². The summed E-state index contributed by atoms with van der Waals surface area (Å²) in [5.74, 6) is -0.0312. The third-order valence-electron chi connectivity index (χ3n) is 2.12. The van der Waals surface area contributed by atoms with Crippen molar-refractivity contribution in [3.05, 3.63) is 44.5 Å². The Kier molecular flexibility index (Phi) is 3.79. The van der Waals surface area contributed by atoms with E-state index in [0.29, 0.717) is 11.4 Å². The largest absolute Gasteiger partial charge is 0.306 e. The van der Waals surface area contributed by atoms with Gasteiger partial charge in [-0.1, -0.05) is 31.9 Å². The Hall–Kier alpha value is -1.65. The highest BCUT2D eigenvalue weighted by Crippen LogP contribution is 2.21. The first-order valence-corrected chi connectivity index (χ1v) is 6.39. The van der Waals surface area contributed by atoms with E-state index in [0.717, 1.165) is 8.95 Å². The molecule has 0 aliphatic carbocycles. The minimum absolute atomic E-state index is 0.289. The fourth-order valence-electron chi connectivity index (χ4n) is 1.34. The molecular formula is C11H6Br2N4O. The van der Waals surface area contributed by atoms with Gasteiger partial charge in [0, 0.05) is 14.5 Å². The van der Waals surface area contributed by atoms with Gasteiger partial charge in [0.1, 0.15) is 17.5 Å². The molecule has 5 nitrogen and oxygen atoms in total. The van der Waals surface area contributed by atoms with E-state index in [-0.39, 0.29) is 11.5 Å². The van der Waals surface area contributed by atoms with Crippen LogP contribution in [0.4, 0.5) is 5.82 Å². The molecule has 0 aliphatic heterocycles. The first-order valence-electron chi connectivity index (χ1n) is 4.81. The number of nitriles is 1. The lowest BCUT2D eigenvalue weighted by atomic mass is 10.2. The second-order valence-corrected chi connectivity index (χ2v) is 5.21. The zero-order chi connectivity index (χ0) is 13.1. The molecule has 2 rings (SSSR count). The van der Waals surface area contributed by atoms with Crippen LogP contribution in [0.25, 0.3) is 0 Å². The molecule has 7 heteroatoms. The van der Waals surface area contributed by atoms with E-state index >= 15 is 0 Å². The van der Waals surface area contributed by atoms with Crippen molar-refractivity contribution in [2.75, 3.05) is 5.32 Å². The topological polar surface area (TPSA) is 81.6 Å². The van der Waals surface area contributed by atoms with Gasteiger partial charge in [-0.25, -0.2) is 0 Å². The van der Waals surface area contributed by atoms with Crippen LogP contribution < -0.4 is 5.32 Å². The molecule has 0 atom stereocenters. The number of benzene rings is 1. The summed E-state index contributed by atoms with van der Waals surface area (Å²) in [7, 11) is 0. The third kappa shape index (κ3) is 2.78. The number of nitrogens with one attached hydrogen (secondary N) is 2. The maximum absolute atomic E-state index is 12.0. The summed E-state index contributed by atoms with van der Waals surface area (Å²) in [5.41, 5.74) is 0.757. The number of rotatable bonds is 2. The number of carbonyl (C=O) groups excluding carboxylic acids is 1. The smallest absolute Gasteiger partial charge is 0.256 e. The van der Waals surface area contributed by atoms with Gasteiger partial charge in [0.2, 0.25) is 0 Å². The summed E-state index contributed by atoms with van der Waals surface area (Å²) in [5, 5.41) is 17.6. The Morgan fingerprint density at radius 3 is 2.61 bits per heavy atom. The molecule has 1 aromatic carbocycles. The van der Waals surface area contributed by atoms with Crippen LogP contribution in [0.1, 0.15) is 15.9 Å². The Bertz CT molecular complexity index is 624. The summed E-state index contributed by atoms with van der Waals surface area (Å²) < 4.78 is 1.57. The van der Waals surface area contributed by atoms with Crippen molar-refractivity contribution < 1.29 is 4.79 Å². The molecular weight excluding hydrogens is 364 g/mol. The van der Waals surface area contributed by atoms with E-state index < -0.39 is 0 Å². The minimum Gasteiger partial charge on any atom is -0.306 e. The van der Waals surface area contributed by atoms with Gasteiger partial charge in [-0.2, -0.15) is 10.4 Å². The van der Waals surface area contributed by atoms with Gasteiger partial charge in [-0.05, 0) is 18.2 Å². The van der Waals surface area contributed by atoms with Crippen molar-refractivity contribution in [2.24, 2.45) is 0 Å².